The van der Waals surface area contributed by atoms with E-state index < -0.39 is 5.82 Å². The minimum Gasteiger partial charge on any atom is -0.395 e. The first kappa shape index (κ1) is 15.3. The molecule has 1 rings (SSSR count). The highest BCUT2D eigenvalue weighted by Crippen LogP contribution is 2.29. The number of aliphatic hydroxyl groups excluding tert-OH is 2. The van der Waals surface area contributed by atoms with Crippen LogP contribution < -0.4 is 10.6 Å². The van der Waals surface area contributed by atoms with Crippen LogP contribution in [0.5, 0.6) is 0 Å². The summed E-state index contributed by atoms with van der Waals surface area (Å²) in [5, 5.41) is 17.9. The van der Waals surface area contributed by atoms with E-state index in [1.807, 2.05) is 0 Å². The number of anilines is 1. The zero-order chi connectivity index (χ0) is 13.7. The maximum atomic E-state index is 14.2. The summed E-state index contributed by atoms with van der Waals surface area (Å²) < 4.78 is 14.3. The van der Waals surface area contributed by atoms with E-state index >= 15 is 0 Å². The summed E-state index contributed by atoms with van der Waals surface area (Å²) >= 11 is 7.92. The molecule has 0 heterocycles. The van der Waals surface area contributed by atoms with Crippen molar-refractivity contribution in [3.8, 4) is 0 Å². The van der Waals surface area contributed by atoms with Gasteiger partial charge in [0.2, 0.25) is 0 Å². The van der Waals surface area contributed by atoms with Crippen LogP contribution in [0, 0.1) is 5.82 Å². The quantitative estimate of drug-likeness (QED) is 0.676. The maximum Gasteiger partial charge on any atom is 0.161 e. The van der Waals surface area contributed by atoms with E-state index in [0.29, 0.717) is 5.56 Å². The van der Waals surface area contributed by atoms with E-state index in [0.717, 1.165) is 0 Å². The molecule has 1 aromatic rings. The van der Waals surface area contributed by atoms with Gasteiger partial charge in [-0.25, -0.2) is 4.39 Å². The van der Waals surface area contributed by atoms with Gasteiger partial charge in [-0.3, -0.25) is 0 Å². The monoisotopic (exact) mass is 336 g/mol. The molecule has 0 unspecified atom stereocenters. The van der Waals surface area contributed by atoms with E-state index in [2.05, 4.69) is 15.9 Å². The predicted molar refractivity (Wildman–Crippen MR) is 76.4 cm³/mol. The SMILES string of the molecule is NC(=S)c1ccc(N(CCO)CCO)c(F)c1Br. The van der Waals surface area contributed by atoms with Crippen LogP contribution in [0.15, 0.2) is 16.6 Å². The lowest BCUT2D eigenvalue weighted by Crippen LogP contribution is -2.30. The van der Waals surface area contributed by atoms with E-state index in [9.17, 15) is 4.39 Å². The van der Waals surface area contributed by atoms with Gasteiger partial charge in [-0.15, -0.1) is 0 Å². The normalized spacial score (nSPS) is 10.4. The predicted octanol–water partition coefficient (Wildman–Crippen LogP) is 1.01. The zero-order valence-electron chi connectivity index (χ0n) is 9.57. The van der Waals surface area contributed by atoms with E-state index in [4.69, 9.17) is 28.2 Å². The van der Waals surface area contributed by atoms with Gasteiger partial charge >= 0.3 is 0 Å². The van der Waals surface area contributed by atoms with Crippen LogP contribution in [0.3, 0.4) is 0 Å². The lowest BCUT2D eigenvalue weighted by molar-refractivity contribution is 0.280. The Labute approximate surface area is 118 Å². The molecule has 1 aromatic carbocycles. The Bertz CT molecular complexity index is 439. The standard InChI is InChI=1S/C11H14BrFN2O2S/c12-9-7(11(14)18)1-2-8(10(9)13)15(3-5-16)4-6-17/h1-2,16-17H,3-6H2,(H2,14,18). The van der Waals surface area contributed by atoms with Crippen LogP contribution in [0.1, 0.15) is 5.56 Å². The molecule has 0 radical (unpaired) electrons. The van der Waals surface area contributed by atoms with Gasteiger partial charge in [0.05, 0.1) is 23.4 Å². The van der Waals surface area contributed by atoms with Gasteiger partial charge in [-0.05, 0) is 28.1 Å². The first-order valence-corrected chi connectivity index (χ1v) is 6.47. The number of hydrogen-bond acceptors (Lipinski definition) is 4. The minimum absolute atomic E-state index is 0.100. The maximum absolute atomic E-state index is 14.2. The van der Waals surface area contributed by atoms with Gasteiger partial charge in [-0.1, -0.05) is 12.2 Å². The highest BCUT2D eigenvalue weighted by Gasteiger charge is 2.17. The van der Waals surface area contributed by atoms with Crippen molar-refractivity contribution in [3.63, 3.8) is 0 Å². The Kier molecular flexibility index (Phi) is 5.94. The van der Waals surface area contributed by atoms with Crippen LogP contribution in [-0.4, -0.2) is 41.5 Å². The summed E-state index contributed by atoms with van der Waals surface area (Å²) in [6, 6.07) is 3.13. The third-order valence-corrected chi connectivity index (χ3v) is 3.40. The Morgan fingerprint density at radius 3 is 2.33 bits per heavy atom. The molecule has 0 saturated carbocycles. The molecule has 0 bridgehead atoms. The van der Waals surface area contributed by atoms with Crippen molar-refractivity contribution >= 4 is 38.8 Å². The molecule has 0 aliphatic rings. The summed E-state index contributed by atoms with van der Waals surface area (Å²) in [5.41, 5.74) is 6.17. The molecule has 0 amide bonds. The lowest BCUT2D eigenvalue weighted by atomic mass is 10.2. The van der Waals surface area contributed by atoms with Gasteiger partial charge in [0, 0.05) is 18.7 Å². The molecule has 0 spiro atoms. The van der Waals surface area contributed by atoms with Crippen molar-refractivity contribution in [3.05, 3.63) is 28.0 Å². The number of rotatable bonds is 6. The zero-order valence-corrected chi connectivity index (χ0v) is 12.0. The first-order chi connectivity index (χ1) is 8.52. The summed E-state index contributed by atoms with van der Waals surface area (Å²) in [7, 11) is 0. The van der Waals surface area contributed by atoms with E-state index in [1.54, 1.807) is 11.0 Å². The third-order valence-electron chi connectivity index (χ3n) is 2.41. The number of benzene rings is 1. The highest BCUT2D eigenvalue weighted by molar-refractivity contribution is 9.10. The highest BCUT2D eigenvalue weighted by atomic mass is 79.9. The average molecular weight is 337 g/mol. The van der Waals surface area contributed by atoms with Crippen LogP contribution in [0.25, 0.3) is 0 Å². The smallest absolute Gasteiger partial charge is 0.161 e. The molecule has 18 heavy (non-hydrogen) atoms. The molecule has 100 valence electrons. The number of thiocarbonyl (C=S) groups is 1. The molecule has 0 atom stereocenters. The van der Waals surface area contributed by atoms with Gasteiger partial charge < -0.3 is 20.8 Å². The molecule has 0 saturated heterocycles. The number of halogens is 2. The molecule has 7 heteroatoms. The largest absolute Gasteiger partial charge is 0.395 e. The number of aliphatic hydroxyl groups is 2. The Morgan fingerprint density at radius 2 is 1.89 bits per heavy atom. The van der Waals surface area contributed by atoms with Gasteiger partial charge in [0.15, 0.2) is 5.82 Å². The molecular formula is C11H14BrFN2O2S. The average Bonchev–Trinajstić information content (AvgIpc) is 2.32. The Balaban J connectivity index is 3.16. The fourth-order valence-corrected chi connectivity index (χ4v) is 2.42. The van der Waals surface area contributed by atoms with Gasteiger partial charge in [0.25, 0.3) is 0 Å². The van der Waals surface area contributed by atoms with Crippen LogP contribution >= 0.6 is 28.1 Å². The Hall–Kier alpha value is -0.760. The second kappa shape index (κ2) is 6.98. The van der Waals surface area contributed by atoms with Crippen molar-refractivity contribution in [1.82, 2.24) is 0 Å². The molecule has 0 aliphatic carbocycles. The fraction of sp³-hybridized carbons (Fsp3) is 0.364. The fourth-order valence-electron chi connectivity index (χ4n) is 1.57. The van der Waals surface area contributed by atoms with Crippen LogP contribution in [0.4, 0.5) is 10.1 Å². The van der Waals surface area contributed by atoms with E-state index in [-0.39, 0.29) is 41.5 Å². The number of nitrogens with zero attached hydrogens (tertiary/aromatic N) is 1. The van der Waals surface area contributed by atoms with Crippen molar-refractivity contribution in [2.24, 2.45) is 5.73 Å². The number of hydrogen-bond donors (Lipinski definition) is 3. The summed E-state index contributed by atoms with van der Waals surface area (Å²) in [4.78, 5) is 1.65. The lowest BCUT2D eigenvalue weighted by Gasteiger charge is -2.24. The molecule has 0 aliphatic heterocycles. The van der Waals surface area contributed by atoms with Gasteiger partial charge in [0.1, 0.15) is 4.99 Å². The first-order valence-electron chi connectivity index (χ1n) is 5.27. The van der Waals surface area contributed by atoms with Crippen molar-refractivity contribution in [2.45, 2.75) is 0 Å². The second-order valence-corrected chi connectivity index (χ2v) is 4.79. The summed E-state index contributed by atoms with van der Waals surface area (Å²) in [5.74, 6) is -0.512. The molecule has 4 nitrogen and oxygen atoms in total. The van der Waals surface area contributed by atoms with Crippen molar-refractivity contribution < 1.29 is 14.6 Å². The third kappa shape index (κ3) is 3.38. The molecule has 4 N–H and O–H groups in total. The molecular weight excluding hydrogens is 323 g/mol. The minimum atomic E-state index is -0.512. The number of nitrogens with two attached hydrogens (primary N) is 1. The van der Waals surface area contributed by atoms with Crippen LogP contribution in [-0.2, 0) is 0 Å². The van der Waals surface area contributed by atoms with Crippen molar-refractivity contribution in [2.75, 3.05) is 31.2 Å². The van der Waals surface area contributed by atoms with Crippen molar-refractivity contribution in [1.29, 1.82) is 0 Å². The van der Waals surface area contributed by atoms with Gasteiger partial charge in [-0.2, -0.15) is 0 Å². The molecule has 0 fully saturated rings. The summed E-state index contributed by atoms with van der Waals surface area (Å²) in [6.45, 7) is 0.203. The second-order valence-electron chi connectivity index (χ2n) is 3.56. The molecule has 0 aromatic heterocycles. The topological polar surface area (TPSA) is 69.7 Å². The summed E-state index contributed by atoms with van der Waals surface area (Å²) in [6.07, 6.45) is 0. The Morgan fingerprint density at radius 1 is 1.33 bits per heavy atom. The van der Waals surface area contributed by atoms with E-state index in [1.165, 1.54) is 6.07 Å². The van der Waals surface area contributed by atoms with Crippen LogP contribution in [0.2, 0.25) is 0 Å².